The molecule has 2 N–H and O–H groups in total. The van der Waals surface area contributed by atoms with E-state index in [4.69, 9.17) is 16.3 Å². The lowest BCUT2D eigenvalue weighted by Gasteiger charge is -2.10. The fourth-order valence-electron chi connectivity index (χ4n) is 2.66. The number of halogens is 1. The summed E-state index contributed by atoms with van der Waals surface area (Å²) in [6.45, 7) is 2.23. The van der Waals surface area contributed by atoms with Crippen molar-refractivity contribution in [2.24, 2.45) is 0 Å². The molecular weight excluding hydrogens is 388 g/mol. The highest BCUT2D eigenvalue weighted by Gasteiger charge is 2.09. The average molecular weight is 409 g/mol. The zero-order valence-electron chi connectivity index (χ0n) is 15.9. The monoisotopic (exact) mass is 408 g/mol. The number of aryl methyl sites for hydroxylation is 1. The summed E-state index contributed by atoms with van der Waals surface area (Å²) in [5, 5.41) is 6.27. The van der Waals surface area contributed by atoms with Crippen LogP contribution in [0.4, 0.5) is 5.69 Å². The van der Waals surface area contributed by atoms with Crippen LogP contribution in [0.25, 0.3) is 0 Å². The quantitative estimate of drug-likeness (QED) is 0.600. The second-order valence-electron chi connectivity index (χ2n) is 6.49. The van der Waals surface area contributed by atoms with Gasteiger partial charge in [-0.25, -0.2) is 0 Å². The maximum atomic E-state index is 12.4. The van der Waals surface area contributed by atoms with Crippen molar-refractivity contribution in [3.63, 3.8) is 0 Å². The molecule has 0 unspecified atom stereocenters. The maximum Gasteiger partial charge on any atom is 0.258 e. The lowest BCUT2D eigenvalue weighted by molar-refractivity contribution is -0.123. The van der Waals surface area contributed by atoms with Crippen molar-refractivity contribution in [3.8, 4) is 5.75 Å². The maximum absolute atomic E-state index is 12.4. The number of nitrogens with one attached hydrogen (secondary N) is 2. The van der Waals surface area contributed by atoms with Crippen LogP contribution in [0, 0.1) is 6.92 Å². The highest BCUT2D eigenvalue weighted by atomic mass is 35.5. The van der Waals surface area contributed by atoms with E-state index in [1.807, 2.05) is 37.3 Å². The van der Waals surface area contributed by atoms with Gasteiger partial charge < -0.3 is 15.4 Å². The minimum atomic E-state index is -0.234. The molecule has 0 spiro atoms. The Morgan fingerprint density at radius 1 is 0.966 bits per heavy atom. The van der Waals surface area contributed by atoms with Gasteiger partial charge in [-0.1, -0.05) is 41.9 Å². The smallest absolute Gasteiger partial charge is 0.258 e. The van der Waals surface area contributed by atoms with Crippen molar-refractivity contribution in [2.75, 3.05) is 11.9 Å². The molecule has 0 bridgehead atoms. The molecule has 0 heterocycles. The molecule has 29 heavy (non-hydrogen) atoms. The molecule has 0 saturated carbocycles. The van der Waals surface area contributed by atoms with Gasteiger partial charge in [-0.15, -0.1) is 0 Å². The third kappa shape index (κ3) is 6.09. The molecule has 6 heteroatoms. The van der Waals surface area contributed by atoms with Gasteiger partial charge in [0, 0.05) is 22.8 Å². The van der Waals surface area contributed by atoms with E-state index < -0.39 is 0 Å². The summed E-state index contributed by atoms with van der Waals surface area (Å²) < 4.78 is 5.48. The number of hydrogen-bond acceptors (Lipinski definition) is 3. The molecule has 148 valence electrons. The fourth-order valence-corrected chi connectivity index (χ4v) is 2.89. The van der Waals surface area contributed by atoms with Crippen LogP contribution in [-0.4, -0.2) is 18.4 Å². The Kier molecular flexibility index (Phi) is 6.87. The lowest BCUT2D eigenvalue weighted by Crippen LogP contribution is -2.28. The van der Waals surface area contributed by atoms with Crippen molar-refractivity contribution in [3.05, 3.63) is 94.5 Å². The van der Waals surface area contributed by atoms with Crippen LogP contribution >= 0.6 is 11.6 Å². The number of carbonyl (C=O) groups excluding carboxylic acids is 2. The first-order valence-electron chi connectivity index (χ1n) is 9.12. The summed E-state index contributed by atoms with van der Waals surface area (Å²) >= 11 is 5.94. The molecule has 0 atom stereocenters. The van der Waals surface area contributed by atoms with Crippen molar-refractivity contribution < 1.29 is 14.3 Å². The molecule has 3 rings (SSSR count). The molecule has 5 nitrogen and oxygen atoms in total. The summed E-state index contributed by atoms with van der Waals surface area (Å²) in [6.07, 6.45) is 0. The van der Waals surface area contributed by atoms with Crippen LogP contribution in [0.15, 0.2) is 72.8 Å². The first kappa shape index (κ1) is 20.4. The summed E-state index contributed by atoms with van der Waals surface area (Å²) in [4.78, 5) is 24.3. The van der Waals surface area contributed by atoms with Gasteiger partial charge in [-0.05, 0) is 60.5 Å². The predicted octanol–water partition coefficient (Wildman–Crippen LogP) is 4.60. The van der Waals surface area contributed by atoms with Gasteiger partial charge in [0.15, 0.2) is 6.61 Å². The molecule has 3 aromatic rings. The standard InChI is InChI=1S/C23H21ClN2O3/c1-16-13-19(24)9-12-21(16)26-23(28)18-7-10-20(11-8-18)29-15-22(27)25-14-17-5-3-2-4-6-17/h2-13H,14-15H2,1H3,(H,25,27)(H,26,28). The second kappa shape index (κ2) is 9.75. The molecular formula is C23H21ClN2O3. The molecule has 2 amide bonds. The SMILES string of the molecule is Cc1cc(Cl)ccc1NC(=O)c1ccc(OCC(=O)NCc2ccccc2)cc1. The van der Waals surface area contributed by atoms with Crippen molar-refractivity contribution in [2.45, 2.75) is 13.5 Å². The van der Waals surface area contributed by atoms with E-state index in [0.717, 1.165) is 11.1 Å². The van der Waals surface area contributed by atoms with Crippen LogP contribution in [0.3, 0.4) is 0 Å². The Hall–Kier alpha value is -3.31. The number of anilines is 1. The van der Waals surface area contributed by atoms with Crippen LogP contribution < -0.4 is 15.4 Å². The van der Waals surface area contributed by atoms with E-state index in [1.54, 1.807) is 42.5 Å². The third-order valence-electron chi connectivity index (χ3n) is 4.26. The van der Waals surface area contributed by atoms with E-state index in [2.05, 4.69) is 10.6 Å². The molecule has 0 aliphatic carbocycles. The summed E-state index contributed by atoms with van der Waals surface area (Å²) in [5.74, 6) is 0.0653. The predicted molar refractivity (Wildman–Crippen MR) is 114 cm³/mol. The first-order chi connectivity index (χ1) is 14.0. The number of rotatable bonds is 7. The topological polar surface area (TPSA) is 67.4 Å². The summed E-state index contributed by atoms with van der Waals surface area (Å²) in [5.41, 5.74) is 3.09. The van der Waals surface area contributed by atoms with Crippen molar-refractivity contribution in [1.82, 2.24) is 5.32 Å². The highest BCUT2D eigenvalue weighted by molar-refractivity contribution is 6.30. The van der Waals surface area contributed by atoms with Crippen LogP contribution in [0.5, 0.6) is 5.75 Å². The Labute approximate surface area is 174 Å². The second-order valence-corrected chi connectivity index (χ2v) is 6.93. The molecule has 0 aliphatic rings. The van der Waals surface area contributed by atoms with E-state index in [1.165, 1.54) is 0 Å². The Morgan fingerprint density at radius 2 is 1.69 bits per heavy atom. The number of hydrogen-bond donors (Lipinski definition) is 2. The summed E-state index contributed by atoms with van der Waals surface area (Å²) in [6, 6.07) is 21.6. The van der Waals surface area contributed by atoms with Crippen molar-refractivity contribution >= 4 is 29.1 Å². The number of carbonyl (C=O) groups is 2. The molecule has 0 radical (unpaired) electrons. The molecule has 0 aromatic heterocycles. The number of benzene rings is 3. The minimum Gasteiger partial charge on any atom is -0.484 e. The largest absolute Gasteiger partial charge is 0.484 e. The van der Waals surface area contributed by atoms with Gasteiger partial charge >= 0.3 is 0 Å². The Balaban J connectivity index is 1.49. The lowest BCUT2D eigenvalue weighted by atomic mass is 10.1. The molecule has 0 aliphatic heterocycles. The zero-order chi connectivity index (χ0) is 20.6. The van der Waals surface area contributed by atoms with Gasteiger partial charge in [0.2, 0.25) is 0 Å². The zero-order valence-corrected chi connectivity index (χ0v) is 16.7. The van der Waals surface area contributed by atoms with Gasteiger partial charge in [0.25, 0.3) is 11.8 Å². The average Bonchev–Trinajstić information content (AvgIpc) is 2.74. The van der Waals surface area contributed by atoms with Gasteiger partial charge in [0.1, 0.15) is 5.75 Å². The van der Waals surface area contributed by atoms with Crippen molar-refractivity contribution in [1.29, 1.82) is 0 Å². The van der Waals surface area contributed by atoms with E-state index in [0.29, 0.717) is 28.6 Å². The summed E-state index contributed by atoms with van der Waals surface area (Å²) in [7, 11) is 0. The molecule has 0 fully saturated rings. The van der Waals surface area contributed by atoms with E-state index in [-0.39, 0.29) is 18.4 Å². The van der Waals surface area contributed by atoms with E-state index >= 15 is 0 Å². The van der Waals surface area contributed by atoms with Gasteiger partial charge in [0.05, 0.1) is 0 Å². The molecule has 0 saturated heterocycles. The normalized spacial score (nSPS) is 10.3. The van der Waals surface area contributed by atoms with Crippen LogP contribution in [-0.2, 0) is 11.3 Å². The van der Waals surface area contributed by atoms with E-state index in [9.17, 15) is 9.59 Å². The highest BCUT2D eigenvalue weighted by Crippen LogP contribution is 2.21. The third-order valence-corrected chi connectivity index (χ3v) is 4.49. The molecule has 3 aromatic carbocycles. The van der Waals surface area contributed by atoms with Gasteiger partial charge in [-0.3, -0.25) is 9.59 Å². The van der Waals surface area contributed by atoms with Gasteiger partial charge in [-0.2, -0.15) is 0 Å². The Morgan fingerprint density at radius 3 is 2.38 bits per heavy atom. The first-order valence-corrected chi connectivity index (χ1v) is 9.50. The minimum absolute atomic E-state index is 0.0949. The van der Waals surface area contributed by atoms with Crippen LogP contribution in [0.2, 0.25) is 5.02 Å². The van der Waals surface area contributed by atoms with Crippen LogP contribution in [0.1, 0.15) is 21.5 Å². The number of amides is 2. The fraction of sp³-hybridized carbons (Fsp3) is 0.130. The number of ether oxygens (including phenoxy) is 1. The Bertz CT molecular complexity index is 989.